The number of nitrogens with one attached hydrogen (secondary N) is 2. The molecule has 3 aromatic rings. The Kier molecular flexibility index (Phi) is 6.13. The number of ether oxygens (including phenoxy) is 1. The lowest BCUT2D eigenvalue weighted by Crippen LogP contribution is -2.43. The zero-order valence-electron chi connectivity index (χ0n) is 17.8. The van der Waals surface area contributed by atoms with E-state index in [0.29, 0.717) is 29.0 Å². The average Bonchev–Trinajstić information content (AvgIpc) is 3.21. The van der Waals surface area contributed by atoms with Gasteiger partial charge >= 0.3 is 6.18 Å². The summed E-state index contributed by atoms with van der Waals surface area (Å²) >= 11 is 0. The molecule has 32 heavy (non-hydrogen) atoms. The molecule has 0 aliphatic carbocycles. The van der Waals surface area contributed by atoms with Crippen molar-refractivity contribution in [3.05, 3.63) is 94.5 Å². The van der Waals surface area contributed by atoms with Crippen LogP contribution in [0.4, 0.5) is 13.2 Å². The van der Waals surface area contributed by atoms with Crippen LogP contribution in [0.25, 0.3) is 0 Å². The summed E-state index contributed by atoms with van der Waals surface area (Å²) in [6.07, 6.45) is -4.46. The Bertz CT molecular complexity index is 1090. The molecule has 0 bridgehead atoms. The summed E-state index contributed by atoms with van der Waals surface area (Å²) in [5, 5.41) is 10.9. The van der Waals surface area contributed by atoms with Gasteiger partial charge in [-0.3, -0.25) is 0 Å². The lowest BCUT2D eigenvalue weighted by molar-refractivity contribution is -0.156. The van der Waals surface area contributed by atoms with E-state index in [9.17, 15) is 18.3 Å². The van der Waals surface area contributed by atoms with Gasteiger partial charge in [0.05, 0.1) is 6.04 Å². The molecule has 3 atom stereocenters. The minimum atomic E-state index is -4.46. The lowest BCUT2D eigenvalue weighted by Gasteiger charge is -2.27. The molecule has 1 aliphatic heterocycles. The highest BCUT2D eigenvalue weighted by molar-refractivity contribution is 5.51. The Labute approximate surface area is 185 Å². The first-order valence-electron chi connectivity index (χ1n) is 10.4. The Hall–Kier alpha value is -3.03. The molecule has 1 fully saturated rings. The first-order chi connectivity index (χ1) is 15.3. The molecule has 0 aromatic heterocycles. The van der Waals surface area contributed by atoms with Gasteiger partial charge in [0.2, 0.25) is 0 Å². The van der Waals surface area contributed by atoms with Crippen LogP contribution in [0.15, 0.2) is 66.7 Å². The molecule has 1 aliphatic rings. The fourth-order valence-corrected chi connectivity index (χ4v) is 4.27. The van der Waals surface area contributed by atoms with Crippen molar-refractivity contribution in [1.82, 2.24) is 10.9 Å². The van der Waals surface area contributed by atoms with E-state index in [4.69, 9.17) is 4.74 Å². The third kappa shape index (κ3) is 4.31. The Morgan fingerprint density at radius 3 is 2.25 bits per heavy atom. The molecule has 7 heteroatoms. The maximum atomic E-state index is 13.8. The van der Waals surface area contributed by atoms with E-state index in [2.05, 4.69) is 10.9 Å². The zero-order valence-corrected chi connectivity index (χ0v) is 17.8. The Morgan fingerprint density at radius 2 is 1.56 bits per heavy atom. The van der Waals surface area contributed by atoms with Crippen molar-refractivity contribution in [3.63, 3.8) is 0 Å². The summed E-state index contributed by atoms with van der Waals surface area (Å²) in [6, 6.07) is 17.4. The molecular weight excluding hydrogens is 417 g/mol. The number of hydrazine groups is 1. The quantitative estimate of drug-likeness (QED) is 0.492. The van der Waals surface area contributed by atoms with Crippen LogP contribution in [0.1, 0.15) is 39.8 Å². The minimum absolute atomic E-state index is 0.0729. The van der Waals surface area contributed by atoms with Crippen LogP contribution in [0.5, 0.6) is 11.5 Å². The Balaban J connectivity index is 1.67. The molecule has 3 N–H and O–H groups in total. The third-order valence-corrected chi connectivity index (χ3v) is 6.00. The molecule has 4 nitrogen and oxygen atoms in total. The predicted molar refractivity (Wildman–Crippen MR) is 116 cm³/mol. The van der Waals surface area contributed by atoms with Gasteiger partial charge in [0.1, 0.15) is 24.1 Å². The van der Waals surface area contributed by atoms with Crippen molar-refractivity contribution in [2.24, 2.45) is 0 Å². The molecule has 168 valence electrons. The zero-order chi connectivity index (χ0) is 22.9. The van der Waals surface area contributed by atoms with Gasteiger partial charge in [-0.2, -0.15) is 13.2 Å². The molecule has 1 saturated heterocycles. The smallest absolute Gasteiger partial charge is 0.405 e. The summed E-state index contributed by atoms with van der Waals surface area (Å²) in [5.74, 6) is -0.533. The van der Waals surface area contributed by atoms with E-state index in [-0.39, 0.29) is 5.75 Å². The lowest BCUT2D eigenvalue weighted by atomic mass is 9.81. The van der Waals surface area contributed by atoms with Crippen LogP contribution in [0.2, 0.25) is 0 Å². The number of hydrogen-bond donors (Lipinski definition) is 3. The van der Waals surface area contributed by atoms with Crippen LogP contribution >= 0.6 is 0 Å². The van der Waals surface area contributed by atoms with Crippen molar-refractivity contribution < 1.29 is 23.0 Å². The van der Waals surface area contributed by atoms with E-state index in [1.54, 1.807) is 50.2 Å². The van der Waals surface area contributed by atoms with E-state index in [1.165, 1.54) is 0 Å². The summed E-state index contributed by atoms with van der Waals surface area (Å²) < 4.78 is 47.4. The summed E-state index contributed by atoms with van der Waals surface area (Å²) in [6.45, 7) is 3.82. The molecule has 1 heterocycles. The number of phenols is 1. The second-order valence-corrected chi connectivity index (χ2v) is 8.07. The molecule has 0 spiro atoms. The number of halogens is 3. The standard InChI is InChI=1S/C25H25F3N2O2/c1-15-8-6-7-11-18(15)21-22(29-30-24(21)25(26,27)28)19-12-13-20(16(2)23(19)31)32-14-17-9-4-3-5-10-17/h3-13,21-22,24,29-31H,14H2,1-2H3. The maximum Gasteiger partial charge on any atom is 0.405 e. The largest absolute Gasteiger partial charge is 0.507 e. The number of benzene rings is 3. The van der Waals surface area contributed by atoms with Crippen molar-refractivity contribution in [3.8, 4) is 11.5 Å². The van der Waals surface area contributed by atoms with E-state index in [0.717, 1.165) is 11.1 Å². The van der Waals surface area contributed by atoms with Gasteiger partial charge < -0.3 is 9.84 Å². The summed E-state index contributed by atoms with van der Waals surface area (Å²) in [7, 11) is 0. The van der Waals surface area contributed by atoms with Crippen molar-refractivity contribution in [1.29, 1.82) is 0 Å². The molecular formula is C25H25F3N2O2. The average molecular weight is 442 g/mol. The van der Waals surface area contributed by atoms with Crippen molar-refractivity contribution in [2.75, 3.05) is 0 Å². The topological polar surface area (TPSA) is 53.5 Å². The first kappa shape index (κ1) is 22.2. The van der Waals surface area contributed by atoms with Crippen LogP contribution in [0.3, 0.4) is 0 Å². The molecule has 0 saturated carbocycles. The van der Waals surface area contributed by atoms with Gasteiger partial charge in [0.25, 0.3) is 0 Å². The van der Waals surface area contributed by atoms with Crippen LogP contribution in [-0.4, -0.2) is 17.3 Å². The van der Waals surface area contributed by atoms with Crippen molar-refractivity contribution >= 4 is 0 Å². The minimum Gasteiger partial charge on any atom is -0.507 e. The van der Waals surface area contributed by atoms with Crippen molar-refractivity contribution in [2.45, 2.75) is 44.6 Å². The Morgan fingerprint density at radius 1 is 0.875 bits per heavy atom. The molecule has 0 amide bonds. The predicted octanol–water partition coefficient (Wildman–Crippen LogP) is 5.45. The van der Waals surface area contributed by atoms with Gasteiger partial charge in [-0.05, 0) is 42.7 Å². The summed E-state index contributed by atoms with van der Waals surface area (Å²) in [4.78, 5) is 0. The molecule has 3 aromatic carbocycles. The van der Waals surface area contributed by atoms with Gasteiger partial charge in [-0.25, -0.2) is 10.9 Å². The third-order valence-electron chi connectivity index (χ3n) is 6.00. The maximum absolute atomic E-state index is 13.8. The SMILES string of the molecule is Cc1ccccc1C1C(c2ccc(OCc3ccccc3)c(C)c2O)NNC1C(F)(F)F. The van der Waals surface area contributed by atoms with Gasteiger partial charge in [-0.1, -0.05) is 54.6 Å². The first-order valence-corrected chi connectivity index (χ1v) is 10.4. The molecule has 4 rings (SSSR count). The van der Waals surface area contributed by atoms with E-state index < -0.39 is 24.2 Å². The second kappa shape index (κ2) is 8.84. The number of hydrogen-bond acceptors (Lipinski definition) is 4. The molecule has 3 unspecified atom stereocenters. The normalized spacial score (nSPS) is 21.0. The second-order valence-electron chi connectivity index (χ2n) is 8.07. The van der Waals surface area contributed by atoms with Crippen LogP contribution < -0.4 is 15.6 Å². The summed E-state index contributed by atoms with van der Waals surface area (Å²) in [5.41, 5.74) is 8.39. The van der Waals surface area contributed by atoms with Gasteiger partial charge in [-0.15, -0.1) is 0 Å². The highest BCUT2D eigenvalue weighted by Crippen LogP contribution is 2.47. The number of phenolic OH excluding ortho intramolecular Hbond substituents is 1. The highest BCUT2D eigenvalue weighted by atomic mass is 19.4. The monoisotopic (exact) mass is 442 g/mol. The molecule has 0 radical (unpaired) electrons. The van der Waals surface area contributed by atoms with Crippen LogP contribution in [-0.2, 0) is 6.61 Å². The number of aryl methyl sites for hydroxylation is 1. The number of aromatic hydroxyl groups is 1. The van der Waals surface area contributed by atoms with E-state index in [1.807, 2.05) is 30.3 Å². The fraction of sp³-hybridized carbons (Fsp3) is 0.280. The number of alkyl halides is 3. The van der Waals surface area contributed by atoms with Crippen LogP contribution in [0, 0.1) is 13.8 Å². The number of rotatable bonds is 5. The van der Waals surface area contributed by atoms with Gasteiger partial charge in [0, 0.05) is 17.0 Å². The van der Waals surface area contributed by atoms with Gasteiger partial charge in [0.15, 0.2) is 0 Å². The highest BCUT2D eigenvalue weighted by Gasteiger charge is 2.53. The fourth-order valence-electron chi connectivity index (χ4n) is 4.27. The van der Waals surface area contributed by atoms with E-state index >= 15 is 0 Å².